The highest BCUT2D eigenvalue weighted by atomic mass is 19.1. The smallest absolute Gasteiger partial charge is 0.253 e. The highest BCUT2D eigenvalue weighted by Gasteiger charge is 2.45. The first-order chi connectivity index (χ1) is 17.4. The average molecular weight is 486 g/mol. The van der Waals surface area contributed by atoms with Crippen LogP contribution in [0.1, 0.15) is 45.7 Å². The van der Waals surface area contributed by atoms with Crippen molar-refractivity contribution in [2.24, 2.45) is 0 Å². The van der Waals surface area contributed by atoms with Crippen LogP contribution in [0.3, 0.4) is 0 Å². The summed E-state index contributed by atoms with van der Waals surface area (Å²) in [5, 5.41) is 22.2. The largest absolute Gasteiger partial charge is 0.391 e. The topological polar surface area (TPSA) is 111 Å². The molecule has 36 heavy (non-hydrogen) atoms. The van der Waals surface area contributed by atoms with Crippen molar-refractivity contribution in [3.8, 4) is 17.3 Å². The van der Waals surface area contributed by atoms with Gasteiger partial charge in [0.05, 0.1) is 70.9 Å². The molecule has 1 aromatic carbocycles. The fourth-order valence-electron chi connectivity index (χ4n) is 5.53. The standard InChI is InChI=1S/C27H24FN5O3/c28-21-3-1-2-16(11-29)24(21)22-9-17(25-23(32-22)13-31-26(25)35)8-18-4-5-19(12-30-18)33-7-6-27(15-33)10-20(34)14-36-27/h1-5,9,12,20,34H,6-8,10,13-15H2,(H,31,35)/t20?,27-/m0/s1. The van der Waals surface area contributed by atoms with E-state index in [2.05, 4.69) is 20.2 Å². The molecule has 1 unspecified atom stereocenters. The number of anilines is 1. The third-order valence-electron chi connectivity index (χ3n) is 7.26. The Morgan fingerprint density at radius 1 is 1.31 bits per heavy atom. The highest BCUT2D eigenvalue weighted by molar-refractivity contribution is 5.99. The second-order valence-corrected chi connectivity index (χ2v) is 9.65. The molecule has 2 N–H and O–H groups in total. The maximum Gasteiger partial charge on any atom is 0.253 e. The molecule has 1 amide bonds. The van der Waals surface area contributed by atoms with Gasteiger partial charge in [-0.15, -0.1) is 0 Å². The molecular formula is C27H24FN5O3. The molecule has 2 atom stereocenters. The molecule has 182 valence electrons. The molecule has 3 aromatic rings. The predicted molar refractivity (Wildman–Crippen MR) is 129 cm³/mol. The zero-order chi connectivity index (χ0) is 24.9. The van der Waals surface area contributed by atoms with Gasteiger partial charge in [0.2, 0.25) is 0 Å². The van der Waals surface area contributed by atoms with E-state index in [1.54, 1.807) is 12.1 Å². The molecule has 8 nitrogen and oxygen atoms in total. The summed E-state index contributed by atoms with van der Waals surface area (Å²) in [4.78, 5) is 23.9. The van der Waals surface area contributed by atoms with Gasteiger partial charge in [0.25, 0.3) is 5.91 Å². The minimum absolute atomic E-state index is 0.133. The highest BCUT2D eigenvalue weighted by Crippen LogP contribution is 2.37. The van der Waals surface area contributed by atoms with Gasteiger partial charge in [-0.25, -0.2) is 9.37 Å². The van der Waals surface area contributed by atoms with Gasteiger partial charge in [-0.1, -0.05) is 6.07 Å². The van der Waals surface area contributed by atoms with Crippen molar-refractivity contribution in [1.82, 2.24) is 15.3 Å². The lowest BCUT2D eigenvalue weighted by Gasteiger charge is -2.24. The Morgan fingerprint density at radius 3 is 2.94 bits per heavy atom. The Kier molecular flexibility index (Phi) is 5.43. The van der Waals surface area contributed by atoms with E-state index < -0.39 is 11.9 Å². The van der Waals surface area contributed by atoms with Gasteiger partial charge in [-0.05, 0) is 42.3 Å². The normalized spacial score (nSPS) is 22.6. The Labute approximate surface area is 207 Å². The van der Waals surface area contributed by atoms with E-state index in [9.17, 15) is 19.6 Å². The number of benzene rings is 1. The van der Waals surface area contributed by atoms with E-state index in [-0.39, 0.29) is 29.2 Å². The molecule has 3 aliphatic heterocycles. The SMILES string of the molecule is N#Cc1cccc(F)c1-c1cc(Cc2ccc(N3CC[C@]4(CC(O)CO4)C3)cn2)c2c(n1)CNC2=O. The average Bonchev–Trinajstić information content (AvgIpc) is 3.58. The van der Waals surface area contributed by atoms with Gasteiger partial charge in [0.1, 0.15) is 5.82 Å². The molecule has 9 heteroatoms. The first-order valence-electron chi connectivity index (χ1n) is 12.0. The number of aliphatic hydroxyl groups excluding tert-OH is 1. The van der Waals surface area contributed by atoms with Gasteiger partial charge < -0.3 is 20.1 Å². The van der Waals surface area contributed by atoms with Crippen LogP contribution in [0.2, 0.25) is 0 Å². The van der Waals surface area contributed by atoms with E-state index in [0.717, 1.165) is 30.9 Å². The van der Waals surface area contributed by atoms with E-state index >= 15 is 0 Å². The number of hydrogen-bond donors (Lipinski definition) is 2. The predicted octanol–water partition coefficient (Wildman–Crippen LogP) is 2.72. The van der Waals surface area contributed by atoms with Crippen LogP contribution in [-0.4, -0.2) is 52.4 Å². The van der Waals surface area contributed by atoms with Crippen LogP contribution >= 0.6 is 0 Å². The lowest BCUT2D eigenvalue weighted by atomic mass is 9.97. The maximum atomic E-state index is 14.7. The molecule has 1 spiro atoms. The summed E-state index contributed by atoms with van der Waals surface area (Å²) in [6, 6.07) is 12.0. The number of nitrogens with one attached hydrogen (secondary N) is 1. The van der Waals surface area contributed by atoms with Crippen LogP contribution in [0.25, 0.3) is 11.3 Å². The van der Waals surface area contributed by atoms with Crippen LogP contribution in [-0.2, 0) is 17.7 Å². The number of carbonyl (C=O) groups excluding carboxylic acids is 1. The molecule has 0 aliphatic carbocycles. The molecule has 2 saturated heterocycles. The number of hydrogen-bond acceptors (Lipinski definition) is 7. The Morgan fingerprint density at radius 2 is 2.19 bits per heavy atom. The summed E-state index contributed by atoms with van der Waals surface area (Å²) in [6.07, 6.45) is 3.30. The second kappa shape index (κ2) is 8.66. The van der Waals surface area contributed by atoms with Crippen molar-refractivity contribution < 1.29 is 19.0 Å². The zero-order valence-electron chi connectivity index (χ0n) is 19.5. The molecule has 5 heterocycles. The molecule has 0 bridgehead atoms. The second-order valence-electron chi connectivity index (χ2n) is 9.65. The lowest BCUT2D eigenvalue weighted by Crippen LogP contribution is -2.33. The molecule has 2 aromatic heterocycles. The number of rotatable bonds is 4. The molecule has 6 rings (SSSR count). The van der Waals surface area contributed by atoms with Gasteiger partial charge in [-0.3, -0.25) is 9.78 Å². The first-order valence-corrected chi connectivity index (χ1v) is 12.0. The summed E-state index contributed by atoms with van der Waals surface area (Å²) in [5.41, 5.74) is 3.81. The molecule has 2 fully saturated rings. The number of amides is 1. The van der Waals surface area contributed by atoms with Crippen LogP contribution in [0.5, 0.6) is 0 Å². The maximum absolute atomic E-state index is 14.7. The van der Waals surface area contributed by atoms with E-state index in [1.807, 2.05) is 24.4 Å². The Balaban J connectivity index is 1.29. The van der Waals surface area contributed by atoms with Crippen molar-refractivity contribution in [2.75, 3.05) is 24.6 Å². The van der Waals surface area contributed by atoms with E-state index in [1.165, 1.54) is 12.1 Å². The Hall–Kier alpha value is -3.87. The summed E-state index contributed by atoms with van der Waals surface area (Å²) >= 11 is 0. The number of ether oxygens (including phenoxy) is 1. The van der Waals surface area contributed by atoms with Gasteiger partial charge in [0, 0.05) is 31.6 Å². The summed E-state index contributed by atoms with van der Waals surface area (Å²) < 4.78 is 20.6. The van der Waals surface area contributed by atoms with Gasteiger partial charge in [-0.2, -0.15) is 5.26 Å². The van der Waals surface area contributed by atoms with Crippen LogP contribution in [0.15, 0.2) is 42.6 Å². The number of aromatic nitrogens is 2. The number of carbonyl (C=O) groups is 1. The van der Waals surface area contributed by atoms with Crippen LogP contribution < -0.4 is 10.2 Å². The fourth-order valence-corrected chi connectivity index (χ4v) is 5.53. The van der Waals surface area contributed by atoms with Crippen molar-refractivity contribution in [1.29, 1.82) is 5.26 Å². The third kappa shape index (κ3) is 3.88. The van der Waals surface area contributed by atoms with Crippen molar-refractivity contribution >= 4 is 11.6 Å². The number of nitriles is 1. The number of pyridine rings is 2. The van der Waals surface area contributed by atoms with Crippen molar-refractivity contribution in [2.45, 2.75) is 37.5 Å². The van der Waals surface area contributed by atoms with Gasteiger partial charge >= 0.3 is 0 Å². The molecule has 0 saturated carbocycles. The Bertz CT molecular complexity index is 1400. The van der Waals surface area contributed by atoms with E-state index in [4.69, 9.17) is 4.74 Å². The number of fused-ring (bicyclic) bond motifs is 1. The summed E-state index contributed by atoms with van der Waals surface area (Å²) in [5.74, 6) is -0.750. The summed E-state index contributed by atoms with van der Waals surface area (Å²) in [6.45, 7) is 2.19. The monoisotopic (exact) mass is 485 g/mol. The number of halogens is 1. The number of aliphatic hydroxyl groups is 1. The quantitative estimate of drug-likeness (QED) is 0.585. The number of nitrogens with zero attached hydrogens (tertiary/aromatic N) is 4. The van der Waals surface area contributed by atoms with Crippen molar-refractivity contribution in [3.63, 3.8) is 0 Å². The minimum atomic E-state index is -0.533. The van der Waals surface area contributed by atoms with Crippen LogP contribution in [0, 0.1) is 17.1 Å². The molecule has 0 radical (unpaired) electrons. The lowest BCUT2D eigenvalue weighted by molar-refractivity contribution is 0.0185. The summed E-state index contributed by atoms with van der Waals surface area (Å²) in [7, 11) is 0. The zero-order valence-corrected chi connectivity index (χ0v) is 19.5. The van der Waals surface area contributed by atoms with Crippen LogP contribution in [0.4, 0.5) is 10.1 Å². The third-order valence-corrected chi connectivity index (χ3v) is 7.26. The first kappa shape index (κ1) is 22.6. The minimum Gasteiger partial charge on any atom is -0.391 e. The van der Waals surface area contributed by atoms with Crippen molar-refractivity contribution in [3.05, 3.63) is 76.5 Å². The fraction of sp³-hybridized carbons (Fsp3) is 0.333. The molecule has 3 aliphatic rings. The van der Waals surface area contributed by atoms with E-state index in [0.29, 0.717) is 42.0 Å². The van der Waals surface area contributed by atoms with Gasteiger partial charge in [0.15, 0.2) is 0 Å². The molecular weight excluding hydrogens is 461 g/mol.